The van der Waals surface area contributed by atoms with Crippen LogP contribution in [0.3, 0.4) is 0 Å². The highest BCUT2D eigenvalue weighted by Gasteiger charge is 2.23. The van der Waals surface area contributed by atoms with E-state index in [1.807, 2.05) is 25.1 Å². The fraction of sp³-hybridized carbons (Fsp3) is 0.571. The third-order valence-corrected chi connectivity index (χ3v) is 3.26. The van der Waals surface area contributed by atoms with Gasteiger partial charge in [-0.3, -0.25) is 0 Å². The number of ether oxygens (including phenoxy) is 1. The number of carbonyl (C=O) groups excluding carboxylic acids is 1. The van der Waals surface area contributed by atoms with E-state index in [-0.39, 0.29) is 18.2 Å². The Morgan fingerprint density at radius 3 is 3.10 bits per heavy atom. The van der Waals surface area contributed by atoms with Gasteiger partial charge in [0.25, 0.3) is 0 Å². The van der Waals surface area contributed by atoms with Gasteiger partial charge in [-0.05, 0) is 31.9 Å². The third-order valence-electron chi connectivity index (χ3n) is 3.26. The zero-order chi connectivity index (χ0) is 14.2. The summed E-state index contributed by atoms with van der Waals surface area (Å²) in [4.78, 5) is 15.8. The lowest BCUT2D eigenvalue weighted by molar-refractivity contribution is 0.0860. The number of rotatable bonds is 6. The highest BCUT2D eigenvalue weighted by atomic mass is 16.5. The van der Waals surface area contributed by atoms with E-state index in [1.54, 1.807) is 6.20 Å². The second kappa shape index (κ2) is 7.69. The molecule has 1 saturated heterocycles. The Balaban J connectivity index is 1.58. The Morgan fingerprint density at radius 2 is 2.40 bits per heavy atom. The number of aromatic nitrogens is 1. The van der Waals surface area contributed by atoms with Gasteiger partial charge in [0.2, 0.25) is 0 Å². The Labute approximate surface area is 119 Å². The van der Waals surface area contributed by atoms with E-state index in [4.69, 9.17) is 4.74 Å². The van der Waals surface area contributed by atoms with E-state index in [9.17, 15) is 4.79 Å². The first kappa shape index (κ1) is 14.6. The molecule has 3 N–H and O–H groups in total. The zero-order valence-corrected chi connectivity index (χ0v) is 11.8. The van der Waals surface area contributed by atoms with E-state index in [0.29, 0.717) is 13.1 Å². The molecule has 6 nitrogen and oxygen atoms in total. The average Bonchev–Trinajstić information content (AvgIpc) is 2.99. The molecular weight excluding hydrogens is 256 g/mol. The number of anilines is 1. The smallest absolute Gasteiger partial charge is 0.315 e. The quantitative estimate of drug-likeness (QED) is 0.687. The lowest BCUT2D eigenvalue weighted by atomic mass is 10.1. The molecule has 0 bridgehead atoms. The van der Waals surface area contributed by atoms with Gasteiger partial charge in [0.1, 0.15) is 5.82 Å². The normalized spacial score (nSPS) is 19.4. The number of hydrogen-bond acceptors (Lipinski definition) is 4. The first-order chi connectivity index (χ1) is 9.75. The van der Waals surface area contributed by atoms with Crippen molar-refractivity contribution in [3.05, 3.63) is 24.4 Å². The molecule has 2 heterocycles. The van der Waals surface area contributed by atoms with E-state index >= 15 is 0 Å². The molecule has 1 fully saturated rings. The molecule has 1 aromatic rings. The number of hydrogen-bond donors (Lipinski definition) is 3. The zero-order valence-electron chi connectivity index (χ0n) is 11.8. The van der Waals surface area contributed by atoms with Crippen LogP contribution in [0.25, 0.3) is 0 Å². The van der Waals surface area contributed by atoms with Crippen molar-refractivity contribution >= 4 is 11.8 Å². The molecule has 6 heteroatoms. The van der Waals surface area contributed by atoms with Crippen LogP contribution in [-0.2, 0) is 4.74 Å². The number of nitrogens with one attached hydrogen (secondary N) is 3. The van der Waals surface area contributed by atoms with Gasteiger partial charge in [-0.1, -0.05) is 6.07 Å². The van der Waals surface area contributed by atoms with Crippen molar-refractivity contribution in [1.82, 2.24) is 15.6 Å². The largest absolute Gasteiger partial charge is 0.376 e. The molecular formula is C14H22N4O2. The highest BCUT2D eigenvalue weighted by molar-refractivity contribution is 5.74. The van der Waals surface area contributed by atoms with Crippen molar-refractivity contribution in [3.8, 4) is 0 Å². The first-order valence-corrected chi connectivity index (χ1v) is 7.06. The van der Waals surface area contributed by atoms with Crippen molar-refractivity contribution in [2.24, 2.45) is 0 Å². The van der Waals surface area contributed by atoms with Crippen molar-refractivity contribution in [3.63, 3.8) is 0 Å². The molecule has 0 unspecified atom stereocenters. The fourth-order valence-electron chi connectivity index (χ4n) is 2.18. The van der Waals surface area contributed by atoms with Gasteiger partial charge in [0.05, 0.1) is 12.1 Å². The predicted molar refractivity (Wildman–Crippen MR) is 77.7 cm³/mol. The summed E-state index contributed by atoms with van der Waals surface area (Å²) in [5, 5.41) is 8.84. The Morgan fingerprint density at radius 1 is 1.50 bits per heavy atom. The van der Waals surface area contributed by atoms with Gasteiger partial charge in [-0.25, -0.2) is 9.78 Å². The minimum Gasteiger partial charge on any atom is -0.376 e. The van der Waals surface area contributed by atoms with Gasteiger partial charge in [0, 0.05) is 25.9 Å². The molecule has 0 spiro atoms. The van der Waals surface area contributed by atoms with Crippen LogP contribution in [0.1, 0.15) is 19.8 Å². The summed E-state index contributed by atoms with van der Waals surface area (Å²) in [7, 11) is 0. The Kier molecular flexibility index (Phi) is 5.61. The third kappa shape index (κ3) is 4.70. The molecule has 2 amide bonds. The first-order valence-electron chi connectivity index (χ1n) is 7.06. The van der Waals surface area contributed by atoms with E-state index < -0.39 is 0 Å². The molecule has 1 aromatic heterocycles. The molecule has 0 radical (unpaired) electrons. The molecule has 0 saturated carbocycles. The Hall–Kier alpha value is -1.82. The fourth-order valence-corrected chi connectivity index (χ4v) is 2.18. The predicted octanol–water partition coefficient (Wildman–Crippen LogP) is 1.36. The number of urea groups is 1. The lowest BCUT2D eigenvalue weighted by Crippen LogP contribution is -2.46. The number of amides is 2. The van der Waals surface area contributed by atoms with Gasteiger partial charge >= 0.3 is 6.03 Å². The van der Waals surface area contributed by atoms with Crippen LogP contribution < -0.4 is 16.0 Å². The van der Waals surface area contributed by atoms with Gasteiger partial charge in [0.15, 0.2) is 0 Å². The van der Waals surface area contributed by atoms with Crippen molar-refractivity contribution in [2.45, 2.75) is 31.9 Å². The topological polar surface area (TPSA) is 75.3 Å². The second-order valence-corrected chi connectivity index (χ2v) is 4.88. The summed E-state index contributed by atoms with van der Waals surface area (Å²) < 4.78 is 5.54. The molecule has 1 aliphatic heterocycles. The number of pyridine rings is 1. The van der Waals surface area contributed by atoms with E-state index in [1.165, 1.54) is 0 Å². The van der Waals surface area contributed by atoms with Crippen LogP contribution in [0, 0.1) is 0 Å². The van der Waals surface area contributed by atoms with E-state index in [2.05, 4.69) is 20.9 Å². The number of nitrogens with zero attached hydrogens (tertiary/aromatic N) is 1. The highest BCUT2D eigenvalue weighted by Crippen LogP contribution is 2.15. The maximum Gasteiger partial charge on any atom is 0.315 e. The monoisotopic (exact) mass is 278 g/mol. The second-order valence-electron chi connectivity index (χ2n) is 4.88. The summed E-state index contributed by atoms with van der Waals surface area (Å²) in [5.74, 6) is 0.808. The lowest BCUT2D eigenvalue weighted by Gasteiger charge is -2.20. The van der Waals surface area contributed by atoms with Gasteiger partial charge in [-0.15, -0.1) is 0 Å². The van der Waals surface area contributed by atoms with Crippen molar-refractivity contribution in [1.29, 1.82) is 0 Å². The molecule has 110 valence electrons. The molecule has 20 heavy (non-hydrogen) atoms. The standard InChI is InChI=1S/C14H22N4O2/c1-11(12-5-4-10-20-12)18-14(19)17-9-8-16-13-6-2-3-7-15-13/h2-3,6-7,11-12H,4-5,8-10H2,1H3,(H,15,16)(H2,17,18,19)/t11-,12-/m0/s1. The molecule has 2 atom stereocenters. The van der Waals surface area contributed by atoms with Crippen molar-refractivity contribution < 1.29 is 9.53 Å². The summed E-state index contributed by atoms with van der Waals surface area (Å²) in [6.07, 6.45) is 3.97. The molecule has 1 aliphatic rings. The molecule has 0 aliphatic carbocycles. The van der Waals surface area contributed by atoms with Crippen LogP contribution in [0.5, 0.6) is 0 Å². The van der Waals surface area contributed by atoms with Crippen LogP contribution in [0.15, 0.2) is 24.4 Å². The molecule has 0 aromatic carbocycles. The van der Waals surface area contributed by atoms with Crippen LogP contribution >= 0.6 is 0 Å². The summed E-state index contributed by atoms with van der Waals surface area (Å²) >= 11 is 0. The maximum absolute atomic E-state index is 11.7. The SMILES string of the molecule is C[C@H](NC(=O)NCCNc1ccccn1)[C@@H]1CCCO1. The van der Waals surface area contributed by atoms with Crippen LogP contribution in [-0.4, -0.2) is 42.9 Å². The Bertz CT molecular complexity index is 407. The van der Waals surface area contributed by atoms with Gasteiger partial charge in [-0.2, -0.15) is 0 Å². The summed E-state index contributed by atoms with van der Waals surface area (Å²) in [6.45, 7) is 3.95. The minimum absolute atomic E-state index is 0.0428. The number of carbonyl (C=O) groups is 1. The average molecular weight is 278 g/mol. The minimum atomic E-state index is -0.157. The van der Waals surface area contributed by atoms with Crippen molar-refractivity contribution in [2.75, 3.05) is 25.0 Å². The molecule has 2 rings (SSSR count). The van der Waals surface area contributed by atoms with Crippen LogP contribution in [0.4, 0.5) is 10.6 Å². The summed E-state index contributed by atoms with van der Waals surface area (Å²) in [5.41, 5.74) is 0. The summed E-state index contributed by atoms with van der Waals surface area (Å²) in [6, 6.07) is 5.55. The maximum atomic E-state index is 11.7. The van der Waals surface area contributed by atoms with Gasteiger partial charge < -0.3 is 20.7 Å². The van der Waals surface area contributed by atoms with E-state index in [0.717, 1.165) is 25.3 Å². The van der Waals surface area contributed by atoms with Crippen LogP contribution in [0.2, 0.25) is 0 Å².